The van der Waals surface area contributed by atoms with E-state index in [1.54, 1.807) is 0 Å². The molecule has 1 aromatic rings. The predicted octanol–water partition coefficient (Wildman–Crippen LogP) is 2.87. The summed E-state index contributed by atoms with van der Waals surface area (Å²) in [6.07, 6.45) is 0. The van der Waals surface area contributed by atoms with Crippen molar-refractivity contribution >= 4 is 32.9 Å². The summed E-state index contributed by atoms with van der Waals surface area (Å²) in [5.74, 6) is 0. The van der Waals surface area contributed by atoms with E-state index in [1.807, 2.05) is 11.8 Å². The molecule has 0 amide bonds. The van der Waals surface area contributed by atoms with E-state index in [2.05, 4.69) is 50.1 Å². The van der Waals surface area contributed by atoms with Crippen molar-refractivity contribution in [3.05, 3.63) is 35.4 Å². The SMILES string of the molecule is BrCC1CN=C(N2Cc3ccccc3C2)S1. The molecule has 0 aliphatic carbocycles. The van der Waals surface area contributed by atoms with Gasteiger partial charge in [-0.3, -0.25) is 4.99 Å². The van der Waals surface area contributed by atoms with Crippen LogP contribution in [0.5, 0.6) is 0 Å². The number of fused-ring (bicyclic) bond motifs is 1. The maximum absolute atomic E-state index is 4.63. The van der Waals surface area contributed by atoms with Crippen LogP contribution in [0.4, 0.5) is 0 Å². The van der Waals surface area contributed by atoms with Gasteiger partial charge >= 0.3 is 0 Å². The molecule has 16 heavy (non-hydrogen) atoms. The van der Waals surface area contributed by atoms with Crippen molar-refractivity contribution < 1.29 is 0 Å². The summed E-state index contributed by atoms with van der Waals surface area (Å²) in [6.45, 7) is 3.01. The zero-order valence-corrected chi connectivity index (χ0v) is 11.3. The normalized spacial score (nSPS) is 23.4. The summed E-state index contributed by atoms with van der Waals surface area (Å²) in [7, 11) is 0. The number of amidine groups is 1. The Bertz CT molecular complexity index is 408. The number of aliphatic imine (C=N–C) groups is 1. The van der Waals surface area contributed by atoms with Crippen LogP contribution in [0.15, 0.2) is 29.3 Å². The molecule has 2 heterocycles. The number of nitrogens with zero attached hydrogens (tertiary/aromatic N) is 2. The molecule has 2 aliphatic rings. The first-order chi connectivity index (χ1) is 7.86. The van der Waals surface area contributed by atoms with Crippen LogP contribution in [-0.2, 0) is 13.1 Å². The fourth-order valence-electron chi connectivity index (χ4n) is 2.13. The van der Waals surface area contributed by atoms with Gasteiger partial charge in [-0.2, -0.15) is 0 Å². The van der Waals surface area contributed by atoms with E-state index in [1.165, 1.54) is 16.3 Å². The Hall–Kier alpha value is -0.480. The maximum atomic E-state index is 4.63. The molecule has 1 unspecified atom stereocenters. The second-order valence-corrected chi connectivity index (χ2v) is 6.06. The first-order valence-electron chi connectivity index (χ1n) is 5.45. The van der Waals surface area contributed by atoms with Crippen LogP contribution in [0.3, 0.4) is 0 Å². The molecule has 0 saturated carbocycles. The highest BCUT2D eigenvalue weighted by Gasteiger charge is 2.27. The van der Waals surface area contributed by atoms with E-state index < -0.39 is 0 Å². The van der Waals surface area contributed by atoms with Crippen molar-refractivity contribution in [3.63, 3.8) is 0 Å². The van der Waals surface area contributed by atoms with Crippen LogP contribution >= 0.6 is 27.7 Å². The van der Waals surface area contributed by atoms with Crippen molar-refractivity contribution in [1.29, 1.82) is 0 Å². The Morgan fingerprint density at radius 3 is 2.56 bits per heavy atom. The molecule has 2 nitrogen and oxygen atoms in total. The van der Waals surface area contributed by atoms with Gasteiger partial charge in [0, 0.05) is 23.7 Å². The van der Waals surface area contributed by atoms with E-state index in [9.17, 15) is 0 Å². The van der Waals surface area contributed by atoms with Crippen molar-refractivity contribution in [2.24, 2.45) is 4.99 Å². The fraction of sp³-hybridized carbons (Fsp3) is 0.417. The monoisotopic (exact) mass is 296 g/mol. The minimum Gasteiger partial charge on any atom is -0.343 e. The predicted molar refractivity (Wildman–Crippen MR) is 73.2 cm³/mol. The molecule has 0 aromatic heterocycles. The highest BCUT2D eigenvalue weighted by molar-refractivity contribution is 9.09. The highest BCUT2D eigenvalue weighted by atomic mass is 79.9. The number of rotatable bonds is 1. The molecule has 0 bridgehead atoms. The number of benzene rings is 1. The largest absolute Gasteiger partial charge is 0.343 e. The number of thioether (sulfide) groups is 1. The summed E-state index contributed by atoms with van der Waals surface area (Å²) < 4.78 is 0. The van der Waals surface area contributed by atoms with Crippen molar-refractivity contribution in [2.45, 2.75) is 18.3 Å². The Kier molecular flexibility index (Phi) is 2.94. The van der Waals surface area contributed by atoms with Crippen molar-refractivity contribution in [3.8, 4) is 0 Å². The molecule has 1 atom stereocenters. The number of halogens is 1. The van der Waals surface area contributed by atoms with Gasteiger partial charge in [-0.1, -0.05) is 52.0 Å². The quantitative estimate of drug-likeness (QED) is 0.741. The van der Waals surface area contributed by atoms with E-state index in [0.29, 0.717) is 5.25 Å². The number of hydrogen-bond donors (Lipinski definition) is 0. The van der Waals surface area contributed by atoms with Crippen LogP contribution < -0.4 is 0 Å². The van der Waals surface area contributed by atoms with E-state index in [4.69, 9.17) is 0 Å². The Balaban J connectivity index is 1.73. The van der Waals surface area contributed by atoms with Gasteiger partial charge in [0.25, 0.3) is 0 Å². The molecule has 0 saturated heterocycles. The maximum Gasteiger partial charge on any atom is 0.160 e. The Labute approximate surface area is 108 Å². The lowest BCUT2D eigenvalue weighted by molar-refractivity contribution is 0.456. The topological polar surface area (TPSA) is 15.6 Å². The molecule has 0 radical (unpaired) electrons. The second-order valence-electron chi connectivity index (χ2n) is 4.14. The Morgan fingerprint density at radius 1 is 1.31 bits per heavy atom. The van der Waals surface area contributed by atoms with Gasteiger partial charge in [0.05, 0.1) is 6.54 Å². The van der Waals surface area contributed by atoms with E-state index in [0.717, 1.165) is 25.0 Å². The summed E-state index contributed by atoms with van der Waals surface area (Å²) in [6, 6.07) is 8.68. The zero-order valence-electron chi connectivity index (χ0n) is 8.90. The summed E-state index contributed by atoms with van der Waals surface area (Å²) in [5.41, 5.74) is 2.90. The number of hydrogen-bond acceptors (Lipinski definition) is 3. The van der Waals surface area contributed by atoms with Gasteiger partial charge in [-0.15, -0.1) is 0 Å². The van der Waals surface area contributed by atoms with Crippen molar-refractivity contribution in [2.75, 3.05) is 11.9 Å². The lowest BCUT2D eigenvalue weighted by Gasteiger charge is -2.16. The molecule has 4 heteroatoms. The molecule has 0 N–H and O–H groups in total. The van der Waals surface area contributed by atoms with Gasteiger partial charge in [-0.25, -0.2) is 0 Å². The number of alkyl halides is 1. The molecule has 3 rings (SSSR count). The molecule has 84 valence electrons. The van der Waals surface area contributed by atoms with Crippen LogP contribution in [0.25, 0.3) is 0 Å². The molecular formula is C12H13BrN2S. The minimum atomic E-state index is 0.624. The van der Waals surface area contributed by atoms with Gasteiger partial charge in [0.2, 0.25) is 0 Å². The smallest absolute Gasteiger partial charge is 0.160 e. The highest BCUT2D eigenvalue weighted by Crippen LogP contribution is 2.30. The fourth-order valence-corrected chi connectivity index (χ4v) is 3.67. The summed E-state index contributed by atoms with van der Waals surface area (Å²) in [5, 5.41) is 2.88. The molecular weight excluding hydrogens is 284 g/mol. The summed E-state index contributed by atoms with van der Waals surface area (Å²) >= 11 is 5.44. The standard InChI is InChI=1S/C12H13BrN2S/c13-5-11-6-14-12(16-11)15-7-9-3-1-2-4-10(9)8-15/h1-4,11H,5-8H2. The first-order valence-corrected chi connectivity index (χ1v) is 7.46. The molecule has 0 fully saturated rings. The molecule has 0 spiro atoms. The van der Waals surface area contributed by atoms with Gasteiger partial charge in [-0.05, 0) is 11.1 Å². The third kappa shape index (κ3) is 1.89. The van der Waals surface area contributed by atoms with Crippen LogP contribution in [0.2, 0.25) is 0 Å². The van der Waals surface area contributed by atoms with Crippen LogP contribution in [0.1, 0.15) is 11.1 Å². The minimum absolute atomic E-state index is 0.624. The van der Waals surface area contributed by atoms with E-state index >= 15 is 0 Å². The first kappa shape index (κ1) is 10.7. The van der Waals surface area contributed by atoms with E-state index in [-0.39, 0.29) is 0 Å². The van der Waals surface area contributed by atoms with Gasteiger partial charge < -0.3 is 4.90 Å². The zero-order chi connectivity index (χ0) is 11.0. The average Bonchev–Trinajstić information content (AvgIpc) is 2.95. The van der Waals surface area contributed by atoms with Crippen LogP contribution in [-0.4, -0.2) is 27.2 Å². The molecule has 2 aliphatic heterocycles. The van der Waals surface area contributed by atoms with Gasteiger partial charge in [0.1, 0.15) is 0 Å². The average molecular weight is 297 g/mol. The van der Waals surface area contributed by atoms with Crippen LogP contribution in [0, 0.1) is 0 Å². The molecule has 1 aromatic carbocycles. The third-order valence-electron chi connectivity index (χ3n) is 2.99. The lowest BCUT2D eigenvalue weighted by Crippen LogP contribution is -2.21. The second kappa shape index (κ2) is 4.41. The van der Waals surface area contributed by atoms with Gasteiger partial charge in [0.15, 0.2) is 5.17 Å². The third-order valence-corrected chi connectivity index (χ3v) is 5.44. The lowest BCUT2D eigenvalue weighted by atomic mass is 10.1. The Morgan fingerprint density at radius 2 is 2.00 bits per heavy atom. The summed E-state index contributed by atoms with van der Waals surface area (Å²) in [4.78, 5) is 7.02. The van der Waals surface area contributed by atoms with Crippen molar-refractivity contribution in [1.82, 2.24) is 4.90 Å².